The third-order valence-corrected chi connectivity index (χ3v) is 4.16. The zero-order valence-electron chi connectivity index (χ0n) is 11.4. The normalized spacial score (nSPS) is 11.8. The van der Waals surface area contributed by atoms with Crippen molar-refractivity contribution in [3.8, 4) is 0 Å². The first-order valence-electron chi connectivity index (χ1n) is 6.40. The molecule has 2 rings (SSSR count). The Bertz CT molecular complexity index is 583. The van der Waals surface area contributed by atoms with Crippen molar-refractivity contribution in [1.82, 2.24) is 0 Å². The number of benzene rings is 2. The highest BCUT2D eigenvalue weighted by molar-refractivity contribution is 7.81. The molecule has 2 heteroatoms. The van der Waals surface area contributed by atoms with Gasteiger partial charge in [-0.1, -0.05) is 33.8 Å². The Morgan fingerprint density at radius 3 is 2.06 bits per heavy atom. The summed E-state index contributed by atoms with van der Waals surface area (Å²) in [6.45, 7) is 8.85. The Labute approximate surface area is 121 Å². The van der Waals surface area contributed by atoms with Crippen LogP contribution in [-0.4, -0.2) is 0 Å². The average Bonchev–Trinajstić information content (AvgIpc) is 2.29. The highest BCUT2D eigenvalue weighted by Gasteiger charge is 2.12. The van der Waals surface area contributed by atoms with Crippen molar-refractivity contribution < 1.29 is 0 Å². The van der Waals surface area contributed by atoms with E-state index in [1.165, 1.54) is 21.9 Å². The molecular weight excluding hydrogens is 256 g/mol. The average molecular weight is 276 g/mol. The van der Waals surface area contributed by atoms with Crippen molar-refractivity contribution >= 4 is 36.0 Å². The van der Waals surface area contributed by atoms with Gasteiger partial charge in [0.2, 0.25) is 0 Å². The maximum absolute atomic E-state index is 4.69. The van der Waals surface area contributed by atoms with Crippen LogP contribution in [0.15, 0.2) is 34.1 Å². The van der Waals surface area contributed by atoms with Gasteiger partial charge in [0.15, 0.2) is 0 Å². The molecule has 0 aliphatic carbocycles. The fourth-order valence-electron chi connectivity index (χ4n) is 2.31. The molecule has 2 aromatic carbocycles. The minimum absolute atomic E-state index is 0.497. The molecule has 0 spiro atoms. The van der Waals surface area contributed by atoms with Crippen LogP contribution in [0.2, 0.25) is 0 Å². The van der Waals surface area contributed by atoms with E-state index in [-0.39, 0.29) is 0 Å². The predicted octanol–water partition coefficient (Wildman–Crippen LogP) is 5.66. The lowest BCUT2D eigenvalue weighted by atomic mass is 9.92. The van der Waals surface area contributed by atoms with Gasteiger partial charge < -0.3 is 0 Å². The van der Waals surface area contributed by atoms with E-state index in [0.717, 1.165) is 9.79 Å². The summed E-state index contributed by atoms with van der Waals surface area (Å²) < 4.78 is 0. The number of hydrogen-bond acceptors (Lipinski definition) is 2. The van der Waals surface area contributed by atoms with E-state index >= 15 is 0 Å². The molecule has 2 aromatic rings. The van der Waals surface area contributed by atoms with Gasteiger partial charge in [-0.05, 0) is 51.9 Å². The molecule has 0 nitrogen and oxygen atoms in total. The van der Waals surface area contributed by atoms with Crippen LogP contribution in [0.5, 0.6) is 0 Å². The molecule has 0 fully saturated rings. The maximum Gasteiger partial charge on any atom is 0.0125 e. The van der Waals surface area contributed by atoms with Gasteiger partial charge in [0.05, 0.1) is 0 Å². The topological polar surface area (TPSA) is 0 Å². The van der Waals surface area contributed by atoms with E-state index in [9.17, 15) is 0 Å². The number of thiol groups is 2. The van der Waals surface area contributed by atoms with Crippen molar-refractivity contribution in [3.05, 3.63) is 35.4 Å². The monoisotopic (exact) mass is 276 g/mol. The standard InChI is InChI=1S/C16H20S2/c1-9(2)11-7-13-14(17)6-5-12(10(3)4)16(13)15(18)8-11/h5-10,17-18H,1-4H3. The summed E-state index contributed by atoms with van der Waals surface area (Å²) in [6, 6.07) is 8.71. The van der Waals surface area contributed by atoms with E-state index in [4.69, 9.17) is 12.6 Å². The Hall–Kier alpha value is -0.600. The first-order chi connectivity index (χ1) is 8.41. The van der Waals surface area contributed by atoms with E-state index in [1.54, 1.807) is 0 Å². The van der Waals surface area contributed by atoms with E-state index in [0.29, 0.717) is 11.8 Å². The van der Waals surface area contributed by atoms with Crippen molar-refractivity contribution in [2.45, 2.75) is 49.3 Å². The molecule has 0 saturated heterocycles. The van der Waals surface area contributed by atoms with E-state index in [2.05, 4.69) is 64.6 Å². The molecule has 0 heterocycles. The Morgan fingerprint density at radius 2 is 1.50 bits per heavy atom. The number of hydrogen-bond donors (Lipinski definition) is 2. The van der Waals surface area contributed by atoms with E-state index < -0.39 is 0 Å². The van der Waals surface area contributed by atoms with Crippen molar-refractivity contribution in [2.75, 3.05) is 0 Å². The fraction of sp³-hybridized carbons (Fsp3) is 0.375. The second-order valence-corrected chi connectivity index (χ2v) is 6.41. The first kappa shape index (κ1) is 13.8. The molecule has 18 heavy (non-hydrogen) atoms. The van der Waals surface area contributed by atoms with Crippen LogP contribution < -0.4 is 0 Å². The fourth-order valence-corrected chi connectivity index (χ4v) is 2.96. The van der Waals surface area contributed by atoms with E-state index in [1.807, 2.05) is 0 Å². The highest BCUT2D eigenvalue weighted by Crippen LogP contribution is 2.36. The lowest BCUT2D eigenvalue weighted by Crippen LogP contribution is -1.94. The van der Waals surface area contributed by atoms with Crippen molar-refractivity contribution in [3.63, 3.8) is 0 Å². The quantitative estimate of drug-likeness (QED) is 0.649. The molecule has 0 aliphatic heterocycles. The minimum Gasteiger partial charge on any atom is -0.143 e. The molecule has 0 bridgehead atoms. The smallest absolute Gasteiger partial charge is 0.0125 e. The summed E-state index contributed by atoms with van der Waals surface area (Å²) in [5.41, 5.74) is 2.67. The second-order valence-electron chi connectivity index (χ2n) is 5.45. The van der Waals surface area contributed by atoms with Gasteiger partial charge in [0.25, 0.3) is 0 Å². The van der Waals surface area contributed by atoms with Crippen LogP contribution in [0.3, 0.4) is 0 Å². The second kappa shape index (κ2) is 5.18. The zero-order valence-corrected chi connectivity index (χ0v) is 13.1. The van der Waals surface area contributed by atoms with Crippen molar-refractivity contribution in [2.24, 2.45) is 0 Å². The van der Waals surface area contributed by atoms with Crippen molar-refractivity contribution in [1.29, 1.82) is 0 Å². The molecule has 0 unspecified atom stereocenters. The van der Waals surface area contributed by atoms with Gasteiger partial charge in [0, 0.05) is 9.79 Å². The van der Waals surface area contributed by atoms with Crippen LogP contribution in [0.4, 0.5) is 0 Å². The number of fused-ring (bicyclic) bond motifs is 1. The van der Waals surface area contributed by atoms with Gasteiger partial charge in [-0.2, -0.15) is 0 Å². The first-order valence-corrected chi connectivity index (χ1v) is 7.29. The van der Waals surface area contributed by atoms with Gasteiger partial charge in [-0.15, -0.1) is 25.3 Å². The van der Waals surface area contributed by atoms with Crippen LogP contribution in [0, 0.1) is 0 Å². The molecule has 0 amide bonds. The summed E-state index contributed by atoms with van der Waals surface area (Å²) in [7, 11) is 0. The third kappa shape index (κ3) is 2.41. The highest BCUT2D eigenvalue weighted by atomic mass is 32.1. The third-order valence-electron chi connectivity index (χ3n) is 3.41. The molecule has 0 N–H and O–H groups in total. The molecule has 0 atom stereocenters. The van der Waals surface area contributed by atoms with Crippen LogP contribution >= 0.6 is 25.3 Å². The zero-order chi connectivity index (χ0) is 13.4. The van der Waals surface area contributed by atoms with Crippen LogP contribution in [-0.2, 0) is 0 Å². The molecule has 0 aliphatic rings. The summed E-state index contributed by atoms with van der Waals surface area (Å²) in [5, 5.41) is 2.48. The Balaban J connectivity index is 2.85. The molecule has 0 saturated carbocycles. The van der Waals surface area contributed by atoms with Crippen LogP contribution in [0.1, 0.15) is 50.7 Å². The largest absolute Gasteiger partial charge is 0.143 e. The van der Waals surface area contributed by atoms with Gasteiger partial charge in [-0.3, -0.25) is 0 Å². The maximum atomic E-state index is 4.69. The Morgan fingerprint density at radius 1 is 0.833 bits per heavy atom. The SMILES string of the molecule is CC(C)c1cc(S)c2c(C(C)C)ccc(S)c2c1. The van der Waals surface area contributed by atoms with Gasteiger partial charge in [-0.25, -0.2) is 0 Å². The Kier molecular flexibility index (Phi) is 3.98. The molecular formula is C16H20S2. The molecule has 96 valence electrons. The summed E-state index contributed by atoms with van der Waals surface area (Å²) in [4.78, 5) is 2.10. The number of rotatable bonds is 2. The summed E-state index contributed by atoms with van der Waals surface area (Å²) in [6.07, 6.45) is 0. The van der Waals surface area contributed by atoms with Gasteiger partial charge >= 0.3 is 0 Å². The molecule has 0 radical (unpaired) electrons. The predicted molar refractivity (Wildman–Crippen MR) is 86.6 cm³/mol. The lowest BCUT2D eigenvalue weighted by molar-refractivity contribution is 0.859. The van der Waals surface area contributed by atoms with Gasteiger partial charge in [0.1, 0.15) is 0 Å². The van der Waals surface area contributed by atoms with Crippen LogP contribution in [0.25, 0.3) is 10.8 Å². The molecule has 0 aromatic heterocycles. The summed E-state index contributed by atoms with van der Waals surface area (Å²) in [5.74, 6) is 1.01. The minimum atomic E-state index is 0.497. The lowest BCUT2D eigenvalue weighted by Gasteiger charge is -2.16. The summed E-state index contributed by atoms with van der Waals surface area (Å²) >= 11 is 9.29.